The van der Waals surface area contributed by atoms with Crippen LogP contribution in [0.15, 0.2) is 53.4 Å². The van der Waals surface area contributed by atoms with Crippen LogP contribution >= 0.6 is 0 Å². The first kappa shape index (κ1) is 24.7. The number of para-hydroxylation sites is 1. The summed E-state index contributed by atoms with van der Waals surface area (Å²) < 4.78 is 28.6. The Morgan fingerprint density at radius 1 is 1.24 bits per heavy atom. The number of aromatic nitrogens is 2. The summed E-state index contributed by atoms with van der Waals surface area (Å²) in [6.45, 7) is 3.66. The molecule has 4 N–H and O–H groups in total. The lowest BCUT2D eigenvalue weighted by atomic mass is 10.1. The maximum Gasteiger partial charge on any atom is 0.293 e. The maximum atomic E-state index is 12.3. The highest BCUT2D eigenvalue weighted by atomic mass is 32.2. The summed E-state index contributed by atoms with van der Waals surface area (Å²) in [5.74, 6) is 0.249. The smallest absolute Gasteiger partial charge is 0.293 e. The number of nitrogens with two attached hydrogens (primary N) is 1. The molecular formula is C22H25N7O4S. The van der Waals surface area contributed by atoms with Crippen molar-refractivity contribution in [3.8, 4) is 11.8 Å². The molecule has 0 unspecified atom stereocenters. The van der Waals surface area contributed by atoms with Gasteiger partial charge >= 0.3 is 0 Å². The molecule has 0 aliphatic carbocycles. The van der Waals surface area contributed by atoms with Crippen LogP contribution in [0.1, 0.15) is 31.5 Å². The molecule has 0 fully saturated rings. The summed E-state index contributed by atoms with van der Waals surface area (Å²) in [4.78, 5) is 10.7. The Kier molecular flexibility index (Phi) is 7.50. The molecule has 0 aliphatic heterocycles. The lowest BCUT2D eigenvalue weighted by Crippen LogP contribution is -2.30. The van der Waals surface area contributed by atoms with Crippen molar-refractivity contribution >= 4 is 27.2 Å². The van der Waals surface area contributed by atoms with Gasteiger partial charge in [-0.05, 0) is 51.0 Å². The molecule has 34 heavy (non-hydrogen) atoms. The minimum atomic E-state index is -3.86. The largest absolute Gasteiger partial charge is 0.382 e. The third-order valence-corrected chi connectivity index (χ3v) is 6.54. The summed E-state index contributed by atoms with van der Waals surface area (Å²) in [5.41, 5.74) is 7.52. The molecule has 0 radical (unpaired) electrons. The van der Waals surface area contributed by atoms with E-state index in [0.717, 1.165) is 11.8 Å². The van der Waals surface area contributed by atoms with Crippen LogP contribution in [-0.2, 0) is 16.4 Å². The number of nitrogens with one attached hydrogen (secondary N) is 2. The number of sulfonamides is 1. The third-order valence-electron chi connectivity index (χ3n) is 4.88. The SMILES string of the molecule is CC(C)NS(=O)(=O)c1ccc(NCCCc2nn(-c3ccccc3)c(N)c2C#N)c([N+](=O)[O-])c1. The van der Waals surface area contributed by atoms with Gasteiger partial charge in [0.1, 0.15) is 23.1 Å². The van der Waals surface area contributed by atoms with E-state index in [9.17, 15) is 23.8 Å². The molecule has 3 aromatic rings. The Balaban J connectivity index is 1.72. The topological polar surface area (TPSA) is 169 Å². The molecule has 0 saturated carbocycles. The first-order valence-electron chi connectivity index (χ1n) is 10.5. The molecule has 0 saturated heterocycles. The Morgan fingerprint density at radius 2 is 1.94 bits per heavy atom. The van der Waals surface area contributed by atoms with Gasteiger partial charge in [0.05, 0.1) is 21.2 Å². The molecule has 178 valence electrons. The minimum absolute atomic E-state index is 0.181. The van der Waals surface area contributed by atoms with E-state index in [4.69, 9.17) is 5.73 Å². The second-order valence-electron chi connectivity index (χ2n) is 7.81. The average Bonchev–Trinajstić information content (AvgIpc) is 3.11. The molecule has 3 rings (SSSR count). The van der Waals surface area contributed by atoms with Crippen molar-refractivity contribution in [2.24, 2.45) is 0 Å². The number of nitrogen functional groups attached to an aromatic ring is 1. The van der Waals surface area contributed by atoms with E-state index in [2.05, 4.69) is 21.2 Å². The zero-order valence-electron chi connectivity index (χ0n) is 18.7. The Labute approximate surface area is 197 Å². The lowest BCUT2D eigenvalue weighted by molar-refractivity contribution is -0.384. The van der Waals surface area contributed by atoms with Gasteiger partial charge in [0, 0.05) is 18.7 Å². The van der Waals surface area contributed by atoms with Crippen LogP contribution in [0.4, 0.5) is 17.2 Å². The van der Waals surface area contributed by atoms with E-state index < -0.39 is 14.9 Å². The van der Waals surface area contributed by atoms with Crippen LogP contribution in [0.2, 0.25) is 0 Å². The van der Waals surface area contributed by atoms with Gasteiger partial charge in [0.2, 0.25) is 10.0 Å². The van der Waals surface area contributed by atoms with Crippen LogP contribution in [0.3, 0.4) is 0 Å². The van der Waals surface area contributed by atoms with Gasteiger partial charge in [-0.2, -0.15) is 10.4 Å². The van der Waals surface area contributed by atoms with Crippen molar-refractivity contribution in [1.82, 2.24) is 14.5 Å². The van der Waals surface area contributed by atoms with E-state index in [0.29, 0.717) is 30.6 Å². The molecule has 0 spiro atoms. The summed E-state index contributed by atoms with van der Waals surface area (Å²) in [5, 5.41) is 28.5. The van der Waals surface area contributed by atoms with Crippen LogP contribution in [0.5, 0.6) is 0 Å². The van der Waals surface area contributed by atoms with Crippen molar-refractivity contribution in [1.29, 1.82) is 5.26 Å². The average molecular weight is 484 g/mol. The van der Waals surface area contributed by atoms with Gasteiger partial charge in [0.15, 0.2) is 0 Å². The Morgan fingerprint density at radius 3 is 2.56 bits per heavy atom. The fourth-order valence-corrected chi connectivity index (χ4v) is 4.65. The predicted molar refractivity (Wildman–Crippen MR) is 128 cm³/mol. The Bertz CT molecular complexity index is 1330. The number of benzene rings is 2. The van der Waals surface area contributed by atoms with Gasteiger partial charge in [-0.3, -0.25) is 10.1 Å². The molecule has 0 amide bonds. The van der Waals surface area contributed by atoms with Crippen molar-refractivity contribution in [3.63, 3.8) is 0 Å². The second kappa shape index (κ2) is 10.3. The van der Waals surface area contributed by atoms with Crippen molar-refractivity contribution in [3.05, 3.63) is 69.9 Å². The lowest BCUT2D eigenvalue weighted by Gasteiger charge is -2.11. The number of hydrogen-bond acceptors (Lipinski definition) is 8. The predicted octanol–water partition coefficient (Wildman–Crippen LogP) is 2.97. The third kappa shape index (κ3) is 5.51. The number of hydrogen-bond donors (Lipinski definition) is 3. The first-order valence-corrected chi connectivity index (χ1v) is 12.0. The summed E-state index contributed by atoms with van der Waals surface area (Å²) in [7, 11) is -3.86. The molecule has 0 atom stereocenters. The number of anilines is 2. The summed E-state index contributed by atoms with van der Waals surface area (Å²) >= 11 is 0. The fourth-order valence-electron chi connectivity index (χ4n) is 3.38. The van der Waals surface area contributed by atoms with Crippen LogP contribution in [-0.4, -0.2) is 35.7 Å². The highest BCUT2D eigenvalue weighted by Gasteiger charge is 2.22. The molecule has 12 heteroatoms. The molecule has 0 bridgehead atoms. The zero-order valence-corrected chi connectivity index (χ0v) is 19.5. The van der Waals surface area contributed by atoms with Gasteiger partial charge < -0.3 is 11.1 Å². The normalized spacial score (nSPS) is 11.4. The van der Waals surface area contributed by atoms with Crippen LogP contribution in [0.25, 0.3) is 5.69 Å². The first-order chi connectivity index (χ1) is 16.1. The fraction of sp³-hybridized carbons (Fsp3) is 0.273. The summed E-state index contributed by atoms with van der Waals surface area (Å²) in [6.07, 6.45) is 0.921. The number of nitro groups is 1. The van der Waals surface area contributed by atoms with Crippen molar-refractivity contribution in [2.75, 3.05) is 17.6 Å². The number of rotatable bonds is 10. The van der Waals surface area contributed by atoms with E-state index in [-0.39, 0.29) is 28.1 Å². The van der Waals surface area contributed by atoms with Gasteiger partial charge in [-0.1, -0.05) is 18.2 Å². The van der Waals surface area contributed by atoms with Crippen LogP contribution in [0, 0.1) is 21.4 Å². The van der Waals surface area contributed by atoms with E-state index in [1.807, 2.05) is 30.3 Å². The highest BCUT2D eigenvalue weighted by molar-refractivity contribution is 7.89. The molecule has 1 heterocycles. The highest BCUT2D eigenvalue weighted by Crippen LogP contribution is 2.28. The summed E-state index contributed by atoms with van der Waals surface area (Å²) in [6, 6.07) is 14.7. The quantitative estimate of drug-likeness (QED) is 0.224. The number of nitrogens with zero attached hydrogens (tertiary/aromatic N) is 4. The van der Waals surface area contributed by atoms with Crippen LogP contribution < -0.4 is 15.8 Å². The number of aryl methyl sites for hydroxylation is 1. The van der Waals surface area contributed by atoms with E-state index >= 15 is 0 Å². The number of nitro benzene ring substituents is 1. The Hall–Kier alpha value is -3.95. The number of nitriles is 1. The minimum Gasteiger partial charge on any atom is -0.382 e. The van der Waals surface area contributed by atoms with Gasteiger partial charge in [0.25, 0.3) is 5.69 Å². The van der Waals surface area contributed by atoms with Crippen molar-refractivity contribution < 1.29 is 13.3 Å². The second-order valence-corrected chi connectivity index (χ2v) is 9.52. The van der Waals surface area contributed by atoms with Gasteiger partial charge in [-0.15, -0.1) is 0 Å². The van der Waals surface area contributed by atoms with Gasteiger partial charge in [-0.25, -0.2) is 17.8 Å². The van der Waals surface area contributed by atoms with E-state index in [1.165, 1.54) is 16.8 Å². The maximum absolute atomic E-state index is 12.3. The van der Waals surface area contributed by atoms with E-state index in [1.54, 1.807) is 13.8 Å². The zero-order chi connectivity index (χ0) is 24.9. The molecule has 11 nitrogen and oxygen atoms in total. The molecular weight excluding hydrogens is 458 g/mol. The molecule has 1 aromatic heterocycles. The molecule has 0 aliphatic rings. The monoisotopic (exact) mass is 483 g/mol. The van der Waals surface area contributed by atoms with Crippen molar-refractivity contribution in [2.45, 2.75) is 37.6 Å². The molecule has 2 aromatic carbocycles. The standard InChI is InChI=1S/C22H25N7O4S/c1-15(2)27-34(32,33)17-10-11-20(21(13-17)29(30)31)25-12-6-9-19-18(14-23)22(24)28(26-19)16-7-4-3-5-8-16/h3-5,7-8,10-11,13,15,25,27H,6,9,12,24H2,1-2H3.